The lowest BCUT2D eigenvalue weighted by molar-refractivity contribution is 0.0802. The minimum Gasteiger partial charge on any atom is -0.0596 e. The molecule has 0 N–H and O–H groups in total. The first-order valence-electron chi connectivity index (χ1n) is 5.02. The van der Waals surface area contributed by atoms with Gasteiger partial charge in [0.05, 0.1) is 0 Å². The van der Waals surface area contributed by atoms with Crippen LogP contribution in [0.15, 0.2) is 0 Å². The fourth-order valence-corrected chi connectivity index (χ4v) is 2.82. The van der Waals surface area contributed by atoms with E-state index in [1.165, 1.54) is 32.1 Å². The monoisotopic (exact) mass is 151 g/mol. The van der Waals surface area contributed by atoms with Crippen LogP contribution in [-0.2, 0) is 0 Å². The Balaban J connectivity index is 2.09. The van der Waals surface area contributed by atoms with Gasteiger partial charge >= 0.3 is 0 Å². The van der Waals surface area contributed by atoms with Crippen molar-refractivity contribution in [3.8, 4) is 0 Å². The molecule has 0 amide bonds. The van der Waals surface area contributed by atoms with Crippen LogP contribution in [0.3, 0.4) is 0 Å². The van der Waals surface area contributed by atoms with Crippen LogP contribution < -0.4 is 0 Å². The summed E-state index contributed by atoms with van der Waals surface area (Å²) in [6, 6.07) is 0. The maximum Gasteiger partial charge on any atom is -0.0326 e. The minimum atomic E-state index is 0.658. The Morgan fingerprint density at radius 3 is 2.82 bits per heavy atom. The van der Waals surface area contributed by atoms with E-state index in [4.69, 9.17) is 0 Å². The first kappa shape index (κ1) is 7.64. The summed E-state index contributed by atoms with van der Waals surface area (Å²) in [7, 11) is 0. The molecule has 2 unspecified atom stereocenters. The van der Waals surface area contributed by atoms with Crippen molar-refractivity contribution in [2.45, 2.75) is 46.0 Å². The van der Waals surface area contributed by atoms with E-state index < -0.39 is 0 Å². The lowest BCUT2D eigenvalue weighted by Gasteiger charge is -2.45. The molecular formula is C11H19. The third kappa shape index (κ3) is 1.32. The average molecular weight is 151 g/mol. The number of fused-ring (bicyclic) bond motifs is 2. The highest BCUT2D eigenvalue weighted by molar-refractivity contribution is 4.95. The van der Waals surface area contributed by atoms with Crippen molar-refractivity contribution in [3.63, 3.8) is 0 Å². The molecule has 0 aromatic heterocycles. The Hall–Kier alpha value is 0. The summed E-state index contributed by atoms with van der Waals surface area (Å²) in [5, 5.41) is 0. The van der Waals surface area contributed by atoms with E-state index in [-0.39, 0.29) is 0 Å². The lowest BCUT2D eigenvalue weighted by atomic mass is 9.60. The molecule has 63 valence electrons. The summed E-state index contributed by atoms with van der Waals surface area (Å²) >= 11 is 0. The molecule has 0 aliphatic heterocycles. The average Bonchev–Trinajstić information content (AvgIpc) is 2.00. The van der Waals surface area contributed by atoms with Gasteiger partial charge in [-0.05, 0) is 55.8 Å². The molecule has 0 nitrogen and oxygen atoms in total. The van der Waals surface area contributed by atoms with Gasteiger partial charge in [-0.2, -0.15) is 0 Å². The SMILES string of the molecule is CC1(C)CCC2[CH]CCC1C2. The van der Waals surface area contributed by atoms with E-state index in [1.807, 2.05) is 0 Å². The quantitative estimate of drug-likeness (QED) is 0.497. The zero-order chi connectivity index (χ0) is 7.90. The van der Waals surface area contributed by atoms with Gasteiger partial charge in [-0.25, -0.2) is 0 Å². The predicted octanol–water partition coefficient (Wildman–Crippen LogP) is 3.43. The van der Waals surface area contributed by atoms with Gasteiger partial charge in [-0.3, -0.25) is 0 Å². The minimum absolute atomic E-state index is 0.658. The van der Waals surface area contributed by atoms with Crippen molar-refractivity contribution in [3.05, 3.63) is 6.42 Å². The fraction of sp³-hybridized carbons (Fsp3) is 0.909. The summed E-state index contributed by atoms with van der Waals surface area (Å²) in [5.74, 6) is 2.02. The van der Waals surface area contributed by atoms with E-state index in [9.17, 15) is 0 Å². The van der Waals surface area contributed by atoms with Crippen LogP contribution >= 0.6 is 0 Å². The number of hydrogen-bond acceptors (Lipinski definition) is 0. The van der Waals surface area contributed by atoms with Crippen LogP contribution in [0.1, 0.15) is 46.0 Å². The van der Waals surface area contributed by atoms with Gasteiger partial charge in [0.15, 0.2) is 0 Å². The Kier molecular flexibility index (Phi) is 1.74. The third-order valence-electron chi connectivity index (χ3n) is 3.87. The van der Waals surface area contributed by atoms with Crippen molar-refractivity contribution in [2.24, 2.45) is 17.3 Å². The van der Waals surface area contributed by atoms with Gasteiger partial charge in [-0.1, -0.05) is 13.8 Å². The number of rotatable bonds is 0. The summed E-state index contributed by atoms with van der Waals surface area (Å²) in [6.45, 7) is 4.92. The van der Waals surface area contributed by atoms with Crippen molar-refractivity contribution < 1.29 is 0 Å². The zero-order valence-corrected chi connectivity index (χ0v) is 7.77. The van der Waals surface area contributed by atoms with E-state index in [0.717, 1.165) is 11.8 Å². The van der Waals surface area contributed by atoms with Gasteiger partial charge in [0.25, 0.3) is 0 Å². The largest absolute Gasteiger partial charge is 0.0596 e. The fourth-order valence-electron chi connectivity index (χ4n) is 2.82. The van der Waals surface area contributed by atoms with Crippen molar-refractivity contribution in [1.29, 1.82) is 0 Å². The maximum absolute atomic E-state index is 2.56. The van der Waals surface area contributed by atoms with Crippen molar-refractivity contribution >= 4 is 0 Å². The molecule has 0 heterocycles. The summed E-state index contributed by atoms with van der Waals surface area (Å²) in [4.78, 5) is 0. The van der Waals surface area contributed by atoms with E-state index in [0.29, 0.717) is 5.41 Å². The van der Waals surface area contributed by atoms with Gasteiger partial charge < -0.3 is 0 Å². The lowest BCUT2D eigenvalue weighted by Crippen LogP contribution is -2.34. The molecule has 0 aromatic rings. The van der Waals surface area contributed by atoms with Crippen LogP contribution in [0.2, 0.25) is 0 Å². The highest BCUT2D eigenvalue weighted by Crippen LogP contribution is 2.49. The maximum atomic E-state index is 2.56. The van der Waals surface area contributed by atoms with Gasteiger partial charge in [0.1, 0.15) is 0 Å². The molecule has 2 atom stereocenters. The molecule has 0 aromatic carbocycles. The molecule has 2 saturated carbocycles. The van der Waals surface area contributed by atoms with Crippen LogP contribution in [0.5, 0.6) is 0 Å². The normalized spacial score (nSPS) is 42.0. The summed E-state index contributed by atoms with van der Waals surface area (Å²) in [6.07, 6.45) is 9.82. The Bertz CT molecular complexity index is 146. The van der Waals surface area contributed by atoms with Crippen LogP contribution in [0, 0.1) is 23.7 Å². The molecular weight excluding hydrogens is 132 g/mol. The third-order valence-corrected chi connectivity index (χ3v) is 3.87. The second-order valence-corrected chi connectivity index (χ2v) is 5.03. The topological polar surface area (TPSA) is 0 Å². The summed E-state index contributed by atoms with van der Waals surface area (Å²) in [5.41, 5.74) is 0.658. The molecule has 1 radical (unpaired) electrons. The standard InChI is InChI=1S/C11H19/c1-11(2)7-6-9-4-3-5-10(11)8-9/h4,9-10H,3,5-8H2,1-2H3. The first-order valence-corrected chi connectivity index (χ1v) is 5.02. The predicted molar refractivity (Wildman–Crippen MR) is 48.1 cm³/mol. The highest BCUT2D eigenvalue weighted by atomic mass is 14.4. The molecule has 2 aliphatic carbocycles. The van der Waals surface area contributed by atoms with Gasteiger partial charge in [0, 0.05) is 0 Å². The molecule has 2 aliphatic rings. The Morgan fingerprint density at radius 1 is 1.27 bits per heavy atom. The molecule has 2 bridgehead atoms. The van der Waals surface area contributed by atoms with Crippen molar-refractivity contribution in [2.75, 3.05) is 0 Å². The smallest absolute Gasteiger partial charge is 0.0326 e. The number of hydrogen-bond donors (Lipinski definition) is 0. The van der Waals surface area contributed by atoms with Crippen LogP contribution in [0.4, 0.5) is 0 Å². The molecule has 2 rings (SSSR count). The molecule has 11 heavy (non-hydrogen) atoms. The zero-order valence-electron chi connectivity index (χ0n) is 7.77. The van der Waals surface area contributed by atoms with E-state index in [1.54, 1.807) is 0 Å². The molecule has 0 saturated heterocycles. The molecule has 0 heteroatoms. The van der Waals surface area contributed by atoms with E-state index >= 15 is 0 Å². The second-order valence-electron chi connectivity index (χ2n) is 5.03. The Morgan fingerprint density at radius 2 is 2.09 bits per heavy atom. The first-order chi connectivity index (χ1) is 5.18. The van der Waals surface area contributed by atoms with Crippen LogP contribution in [0.25, 0.3) is 0 Å². The molecule has 0 spiro atoms. The second kappa shape index (κ2) is 2.50. The molecule has 2 fully saturated rings. The van der Waals surface area contributed by atoms with Gasteiger partial charge in [-0.15, -0.1) is 0 Å². The van der Waals surface area contributed by atoms with Gasteiger partial charge in [0.2, 0.25) is 0 Å². The van der Waals surface area contributed by atoms with E-state index in [2.05, 4.69) is 20.3 Å². The van der Waals surface area contributed by atoms with Crippen LogP contribution in [-0.4, -0.2) is 0 Å². The highest BCUT2D eigenvalue weighted by Gasteiger charge is 2.38. The van der Waals surface area contributed by atoms with Crippen molar-refractivity contribution in [1.82, 2.24) is 0 Å². The summed E-state index contributed by atoms with van der Waals surface area (Å²) < 4.78 is 0. The Labute approximate surface area is 70.4 Å².